The van der Waals surface area contributed by atoms with E-state index < -0.39 is 29.7 Å². The van der Waals surface area contributed by atoms with Gasteiger partial charge in [0.2, 0.25) is 0 Å². The fourth-order valence-corrected chi connectivity index (χ4v) is 2.72. The molecule has 0 radical (unpaired) electrons. The van der Waals surface area contributed by atoms with Crippen molar-refractivity contribution in [3.63, 3.8) is 0 Å². The minimum Gasteiger partial charge on any atom is -0.485 e. The second kappa shape index (κ2) is 5.35. The molecule has 1 aliphatic heterocycles. The molecule has 2 aromatic carbocycles. The summed E-state index contributed by atoms with van der Waals surface area (Å²) in [4.78, 5) is 0. The van der Waals surface area contributed by atoms with Gasteiger partial charge in [0.1, 0.15) is 11.9 Å². The van der Waals surface area contributed by atoms with Crippen LogP contribution in [0.5, 0.6) is 5.75 Å². The zero-order valence-corrected chi connectivity index (χ0v) is 12.2. The van der Waals surface area contributed by atoms with Crippen LogP contribution in [0.15, 0.2) is 34.8 Å². The maximum absolute atomic E-state index is 13.3. The molecule has 2 nitrogen and oxygen atoms in total. The summed E-state index contributed by atoms with van der Waals surface area (Å²) < 4.78 is 46.1. The van der Waals surface area contributed by atoms with Crippen molar-refractivity contribution in [2.24, 2.45) is 0 Å². The average molecular weight is 359 g/mol. The molecule has 6 heteroatoms. The Morgan fingerprint density at radius 3 is 2.43 bits per heavy atom. The third-order valence-corrected chi connectivity index (χ3v) is 3.91. The van der Waals surface area contributed by atoms with E-state index in [9.17, 15) is 18.3 Å². The van der Waals surface area contributed by atoms with Crippen molar-refractivity contribution in [2.45, 2.75) is 18.6 Å². The first-order valence-electron chi connectivity index (χ1n) is 6.24. The number of benzene rings is 2. The Kier molecular flexibility index (Phi) is 3.67. The van der Waals surface area contributed by atoms with Crippen LogP contribution in [0.3, 0.4) is 0 Å². The summed E-state index contributed by atoms with van der Waals surface area (Å²) in [7, 11) is 0. The summed E-state index contributed by atoms with van der Waals surface area (Å²) >= 11 is 3.29. The van der Waals surface area contributed by atoms with Gasteiger partial charge in [-0.05, 0) is 29.8 Å². The molecule has 0 saturated carbocycles. The van der Waals surface area contributed by atoms with Crippen LogP contribution in [0.4, 0.5) is 13.2 Å². The van der Waals surface area contributed by atoms with Gasteiger partial charge in [0, 0.05) is 16.5 Å². The van der Waals surface area contributed by atoms with E-state index in [2.05, 4.69) is 15.9 Å². The van der Waals surface area contributed by atoms with E-state index in [1.807, 2.05) is 0 Å². The molecule has 110 valence electrons. The Morgan fingerprint density at radius 2 is 1.76 bits per heavy atom. The molecular weight excluding hydrogens is 349 g/mol. The first kappa shape index (κ1) is 14.4. The van der Waals surface area contributed by atoms with Gasteiger partial charge in [-0.25, -0.2) is 13.2 Å². The van der Waals surface area contributed by atoms with E-state index >= 15 is 0 Å². The number of aliphatic hydroxyl groups is 1. The Labute approximate surface area is 127 Å². The molecule has 0 saturated heterocycles. The van der Waals surface area contributed by atoms with Gasteiger partial charge in [0.25, 0.3) is 0 Å². The van der Waals surface area contributed by atoms with Gasteiger partial charge in [-0.2, -0.15) is 0 Å². The zero-order valence-electron chi connectivity index (χ0n) is 10.6. The van der Waals surface area contributed by atoms with E-state index in [1.54, 1.807) is 18.2 Å². The lowest BCUT2D eigenvalue weighted by molar-refractivity contribution is 0.0652. The van der Waals surface area contributed by atoms with Crippen LogP contribution in [0.2, 0.25) is 0 Å². The summed E-state index contributed by atoms with van der Waals surface area (Å²) in [5.41, 5.74) is 0.758. The molecule has 2 unspecified atom stereocenters. The second-order valence-corrected chi connectivity index (χ2v) is 5.75. The first-order chi connectivity index (χ1) is 9.95. The Balaban J connectivity index is 1.99. The highest BCUT2D eigenvalue weighted by atomic mass is 79.9. The van der Waals surface area contributed by atoms with Crippen LogP contribution < -0.4 is 4.74 Å². The highest BCUT2D eigenvalue weighted by molar-refractivity contribution is 9.10. The van der Waals surface area contributed by atoms with Crippen molar-refractivity contribution < 1.29 is 23.0 Å². The van der Waals surface area contributed by atoms with Crippen molar-refractivity contribution in [2.75, 3.05) is 0 Å². The third kappa shape index (κ3) is 2.65. The van der Waals surface area contributed by atoms with Crippen molar-refractivity contribution in [3.05, 3.63) is 63.4 Å². The van der Waals surface area contributed by atoms with Crippen molar-refractivity contribution in [1.29, 1.82) is 0 Å². The number of rotatable bonds is 1. The highest BCUT2D eigenvalue weighted by Gasteiger charge is 2.29. The summed E-state index contributed by atoms with van der Waals surface area (Å²) in [6, 6.07) is 6.92. The molecule has 1 N–H and O–H groups in total. The van der Waals surface area contributed by atoms with Crippen molar-refractivity contribution in [1.82, 2.24) is 0 Å². The monoisotopic (exact) mass is 358 g/mol. The number of halogens is 4. The predicted molar refractivity (Wildman–Crippen MR) is 73.4 cm³/mol. The van der Waals surface area contributed by atoms with E-state index in [1.165, 1.54) is 0 Å². The molecule has 0 aromatic heterocycles. The molecule has 1 aliphatic rings. The zero-order chi connectivity index (χ0) is 15.1. The van der Waals surface area contributed by atoms with Gasteiger partial charge in [0.05, 0.1) is 6.10 Å². The van der Waals surface area contributed by atoms with E-state index in [0.29, 0.717) is 11.3 Å². The lowest BCUT2D eigenvalue weighted by Gasteiger charge is -2.30. The molecule has 0 spiro atoms. The van der Waals surface area contributed by atoms with E-state index in [4.69, 9.17) is 4.74 Å². The first-order valence-corrected chi connectivity index (χ1v) is 7.03. The average Bonchev–Trinajstić information content (AvgIpc) is 2.43. The lowest BCUT2D eigenvalue weighted by Crippen LogP contribution is -2.19. The fourth-order valence-electron chi connectivity index (χ4n) is 2.38. The maximum Gasteiger partial charge on any atom is 0.194 e. The minimum atomic E-state index is -1.52. The SMILES string of the molecule is OC1CC(c2cc(F)c(F)c(F)c2)Oc2cc(Br)ccc21. The summed E-state index contributed by atoms with van der Waals surface area (Å²) in [6.45, 7) is 0. The van der Waals surface area contributed by atoms with Gasteiger partial charge >= 0.3 is 0 Å². The highest BCUT2D eigenvalue weighted by Crippen LogP contribution is 2.42. The summed E-state index contributed by atoms with van der Waals surface area (Å²) in [5, 5.41) is 10.1. The van der Waals surface area contributed by atoms with Crippen LogP contribution in [0.25, 0.3) is 0 Å². The molecular formula is C15H10BrF3O2. The van der Waals surface area contributed by atoms with Crippen molar-refractivity contribution in [3.8, 4) is 5.75 Å². The molecule has 0 bridgehead atoms. The largest absolute Gasteiger partial charge is 0.485 e. The van der Waals surface area contributed by atoms with Crippen LogP contribution in [0.1, 0.15) is 29.8 Å². The van der Waals surface area contributed by atoms with E-state index in [-0.39, 0.29) is 12.0 Å². The number of hydrogen-bond acceptors (Lipinski definition) is 2. The molecule has 0 aliphatic carbocycles. The van der Waals surface area contributed by atoms with Gasteiger partial charge in [-0.3, -0.25) is 0 Å². The van der Waals surface area contributed by atoms with E-state index in [0.717, 1.165) is 16.6 Å². The molecule has 2 aromatic rings. The Bertz CT molecular complexity index is 682. The van der Waals surface area contributed by atoms with Crippen LogP contribution in [-0.4, -0.2) is 5.11 Å². The minimum absolute atomic E-state index is 0.138. The normalized spacial score (nSPS) is 20.8. The Hall–Kier alpha value is -1.53. The second-order valence-electron chi connectivity index (χ2n) is 4.84. The lowest BCUT2D eigenvalue weighted by atomic mass is 9.95. The fraction of sp³-hybridized carbons (Fsp3) is 0.200. The standard InChI is InChI=1S/C15H10BrF3O2/c16-8-1-2-9-12(20)6-13(21-14(9)5-8)7-3-10(17)15(19)11(18)4-7/h1-5,12-13,20H,6H2. The Morgan fingerprint density at radius 1 is 1.10 bits per heavy atom. The maximum atomic E-state index is 13.3. The van der Waals surface area contributed by atoms with Gasteiger partial charge in [-0.15, -0.1) is 0 Å². The van der Waals surface area contributed by atoms with Gasteiger partial charge < -0.3 is 9.84 Å². The quantitative estimate of drug-likeness (QED) is 0.764. The third-order valence-electron chi connectivity index (χ3n) is 3.42. The van der Waals surface area contributed by atoms with Gasteiger partial charge in [-0.1, -0.05) is 22.0 Å². The molecule has 21 heavy (non-hydrogen) atoms. The topological polar surface area (TPSA) is 29.5 Å². The smallest absolute Gasteiger partial charge is 0.194 e. The van der Waals surface area contributed by atoms with Crippen molar-refractivity contribution >= 4 is 15.9 Å². The number of hydrogen-bond donors (Lipinski definition) is 1. The van der Waals surface area contributed by atoms with Crippen LogP contribution in [0, 0.1) is 17.5 Å². The molecule has 0 fully saturated rings. The number of ether oxygens (including phenoxy) is 1. The van der Waals surface area contributed by atoms with Crippen LogP contribution >= 0.6 is 15.9 Å². The van der Waals surface area contributed by atoms with Crippen LogP contribution in [-0.2, 0) is 0 Å². The molecule has 1 heterocycles. The molecule has 0 amide bonds. The summed E-state index contributed by atoms with van der Waals surface area (Å²) in [6.07, 6.45) is -1.42. The predicted octanol–water partition coefficient (Wildman–Crippen LogP) is 4.42. The molecule has 3 rings (SSSR count). The van der Waals surface area contributed by atoms with Gasteiger partial charge in [0.15, 0.2) is 17.5 Å². The summed E-state index contributed by atoms with van der Waals surface area (Å²) in [5.74, 6) is -3.64. The molecule has 2 atom stereocenters. The number of fused-ring (bicyclic) bond motifs is 1. The number of aliphatic hydroxyl groups excluding tert-OH is 1.